The third-order valence-electron chi connectivity index (χ3n) is 5.23. The molecule has 1 aliphatic heterocycles. The highest BCUT2D eigenvalue weighted by molar-refractivity contribution is 5.98. The van der Waals surface area contributed by atoms with Gasteiger partial charge in [0.25, 0.3) is 5.91 Å². The molecule has 0 radical (unpaired) electrons. The molecule has 2 heterocycles. The van der Waals surface area contributed by atoms with Crippen molar-refractivity contribution in [2.24, 2.45) is 11.8 Å². The fraction of sp³-hybridized carbons (Fsp3) is 0.500. The zero-order valence-electron chi connectivity index (χ0n) is 15.3. The molecule has 3 rings (SSSR count). The van der Waals surface area contributed by atoms with Crippen molar-refractivity contribution in [3.8, 4) is 0 Å². The highest BCUT2D eigenvalue weighted by Gasteiger charge is 2.33. The SMILES string of the molecule is CC1CN(C(=O)c2cc3ccc(C(C)(C)C)cc3[nH]2)CCC1C(=O)O. The predicted molar refractivity (Wildman–Crippen MR) is 97.8 cm³/mol. The summed E-state index contributed by atoms with van der Waals surface area (Å²) in [6, 6.07) is 8.14. The molecule has 2 N–H and O–H groups in total. The Kier molecular flexibility index (Phi) is 4.35. The molecule has 25 heavy (non-hydrogen) atoms. The van der Waals surface area contributed by atoms with Crippen LogP contribution in [0.5, 0.6) is 0 Å². The van der Waals surface area contributed by atoms with Crippen LogP contribution in [0.4, 0.5) is 0 Å². The third-order valence-corrected chi connectivity index (χ3v) is 5.23. The molecule has 1 aromatic carbocycles. The number of piperidine rings is 1. The second-order valence-electron chi connectivity index (χ2n) is 8.20. The maximum atomic E-state index is 12.8. The van der Waals surface area contributed by atoms with Gasteiger partial charge in [-0.3, -0.25) is 9.59 Å². The molecule has 0 aliphatic carbocycles. The molecule has 0 bridgehead atoms. The van der Waals surface area contributed by atoms with Crippen LogP contribution >= 0.6 is 0 Å². The van der Waals surface area contributed by atoms with Gasteiger partial charge in [0.2, 0.25) is 0 Å². The van der Waals surface area contributed by atoms with Crippen LogP contribution in [-0.2, 0) is 10.2 Å². The minimum Gasteiger partial charge on any atom is -0.481 e. The minimum absolute atomic E-state index is 0.0351. The minimum atomic E-state index is -0.764. The average Bonchev–Trinajstić information content (AvgIpc) is 2.95. The van der Waals surface area contributed by atoms with E-state index in [1.807, 2.05) is 19.1 Å². The Labute approximate surface area is 148 Å². The maximum Gasteiger partial charge on any atom is 0.306 e. The van der Waals surface area contributed by atoms with Crippen LogP contribution in [0.1, 0.15) is 50.2 Å². The van der Waals surface area contributed by atoms with E-state index in [2.05, 4.69) is 37.9 Å². The quantitative estimate of drug-likeness (QED) is 0.875. The first-order valence-corrected chi connectivity index (χ1v) is 8.82. The summed E-state index contributed by atoms with van der Waals surface area (Å²) in [7, 11) is 0. The van der Waals surface area contributed by atoms with Crippen LogP contribution in [0.25, 0.3) is 10.9 Å². The first kappa shape index (κ1) is 17.5. The van der Waals surface area contributed by atoms with Gasteiger partial charge >= 0.3 is 5.97 Å². The Morgan fingerprint density at radius 3 is 2.56 bits per heavy atom. The summed E-state index contributed by atoms with van der Waals surface area (Å²) in [5.74, 6) is -1.21. The summed E-state index contributed by atoms with van der Waals surface area (Å²) in [5, 5.41) is 10.2. The number of H-pyrrole nitrogens is 1. The number of amides is 1. The molecule has 2 atom stereocenters. The van der Waals surface area contributed by atoms with Crippen LogP contribution in [0, 0.1) is 11.8 Å². The van der Waals surface area contributed by atoms with Gasteiger partial charge in [-0.2, -0.15) is 0 Å². The number of fused-ring (bicyclic) bond motifs is 1. The Morgan fingerprint density at radius 2 is 1.96 bits per heavy atom. The number of likely N-dealkylation sites (tertiary alicyclic amines) is 1. The number of aliphatic carboxylic acids is 1. The van der Waals surface area contributed by atoms with E-state index in [9.17, 15) is 14.7 Å². The number of aromatic nitrogens is 1. The molecule has 1 aliphatic rings. The predicted octanol–water partition coefficient (Wildman–Crippen LogP) is 3.65. The molecule has 5 nitrogen and oxygen atoms in total. The van der Waals surface area contributed by atoms with Gasteiger partial charge in [-0.15, -0.1) is 0 Å². The van der Waals surface area contributed by atoms with E-state index >= 15 is 0 Å². The number of nitrogens with zero attached hydrogens (tertiary/aromatic N) is 1. The van der Waals surface area contributed by atoms with E-state index in [1.54, 1.807) is 4.90 Å². The van der Waals surface area contributed by atoms with Crippen molar-refractivity contribution in [2.75, 3.05) is 13.1 Å². The molecule has 1 fully saturated rings. The van der Waals surface area contributed by atoms with E-state index in [-0.39, 0.29) is 23.2 Å². The summed E-state index contributed by atoms with van der Waals surface area (Å²) >= 11 is 0. The zero-order chi connectivity index (χ0) is 18.4. The average molecular weight is 342 g/mol. The molecule has 0 spiro atoms. The summed E-state index contributed by atoms with van der Waals surface area (Å²) in [6.45, 7) is 9.37. The van der Waals surface area contributed by atoms with Gasteiger partial charge in [0.05, 0.1) is 5.92 Å². The number of rotatable bonds is 2. The number of hydrogen-bond acceptors (Lipinski definition) is 2. The Morgan fingerprint density at radius 1 is 1.24 bits per heavy atom. The number of carbonyl (C=O) groups excluding carboxylic acids is 1. The van der Waals surface area contributed by atoms with Crippen molar-refractivity contribution in [1.82, 2.24) is 9.88 Å². The Balaban J connectivity index is 1.82. The lowest BCUT2D eigenvalue weighted by molar-refractivity contribution is -0.145. The number of hydrogen-bond donors (Lipinski definition) is 2. The summed E-state index contributed by atoms with van der Waals surface area (Å²) in [5.41, 5.74) is 2.81. The van der Waals surface area contributed by atoms with Crippen molar-refractivity contribution in [1.29, 1.82) is 0 Å². The van der Waals surface area contributed by atoms with Gasteiger partial charge in [-0.05, 0) is 35.4 Å². The molecule has 1 aromatic heterocycles. The molecule has 2 unspecified atom stereocenters. The molecule has 2 aromatic rings. The van der Waals surface area contributed by atoms with E-state index in [0.717, 1.165) is 10.9 Å². The molecule has 5 heteroatoms. The Hall–Kier alpha value is -2.30. The van der Waals surface area contributed by atoms with E-state index in [1.165, 1.54) is 5.56 Å². The topological polar surface area (TPSA) is 73.4 Å². The highest BCUT2D eigenvalue weighted by atomic mass is 16.4. The second-order valence-corrected chi connectivity index (χ2v) is 8.20. The monoisotopic (exact) mass is 342 g/mol. The van der Waals surface area contributed by atoms with Crippen LogP contribution < -0.4 is 0 Å². The number of carboxylic acid groups (broad SMARTS) is 1. The summed E-state index contributed by atoms with van der Waals surface area (Å²) in [6.07, 6.45) is 0.511. The van der Waals surface area contributed by atoms with E-state index in [4.69, 9.17) is 0 Å². The lowest BCUT2D eigenvalue weighted by atomic mass is 9.87. The third kappa shape index (κ3) is 3.41. The molecule has 134 valence electrons. The number of nitrogens with one attached hydrogen (secondary N) is 1. The van der Waals surface area contributed by atoms with Gasteiger partial charge in [0.1, 0.15) is 5.69 Å². The van der Waals surface area contributed by atoms with Gasteiger partial charge in [0, 0.05) is 24.0 Å². The van der Waals surface area contributed by atoms with Crippen molar-refractivity contribution in [3.63, 3.8) is 0 Å². The lowest BCUT2D eigenvalue weighted by Crippen LogP contribution is -2.45. The van der Waals surface area contributed by atoms with E-state index < -0.39 is 5.97 Å². The van der Waals surface area contributed by atoms with Crippen molar-refractivity contribution in [2.45, 2.75) is 39.5 Å². The largest absolute Gasteiger partial charge is 0.481 e. The number of benzene rings is 1. The first-order chi connectivity index (χ1) is 11.7. The number of carboxylic acids is 1. The molecular formula is C20H26N2O3. The normalized spacial score (nSPS) is 21.5. The molecule has 0 saturated carbocycles. The molecule has 1 saturated heterocycles. The van der Waals surface area contributed by atoms with Crippen molar-refractivity contribution >= 4 is 22.8 Å². The standard InChI is InChI=1S/C20H26N2O3/c1-12-11-22(8-7-15(12)19(24)25)18(23)17-9-13-5-6-14(20(2,3)4)10-16(13)21-17/h5-6,9-10,12,15,21H,7-8,11H2,1-4H3,(H,24,25). The van der Waals surface area contributed by atoms with Gasteiger partial charge in [-0.25, -0.2) is 0 Å². The van der Waals surface area contributed by atoms with Crippen LogP contribution in [0.15, 0.2) is 24.3 Å². The lowest BCUT2D eigenvalue weighted by Gasteiger charge is -2.34. The van der Waals surface area contributed by atoms with Gasteiger partial charge < -0.3 is 15.0 Å². The zero-order valence-corrected chi connectivity index (χ0v) is 15.3. The molecule has 1 amide bonds. The van der Waals surface area contributed by atoms with Gasteiger partial charge in [-0.1, -0.05) is 39.8 Å². The van der Waals surface area contributed by atoms with E-state index in [0.29, 0.717) is 25.2 Å². The molecular weight excluding hydrogens is 316 g/mol. The fourth-order valence-corrected chi connectivity index (χ4v) is 3.58. The second kappa shape index (κ2) is 6.21. The van der Waals surface area contributed by atoms with Crippen LogP contribution in [-0.4, -0.2) is 40.0 Å². The van der Waals surface area contributed by atoms with Crippen molar-refractivity contribution < 1.29 is 14.7 Å². The summed E-state index contributed by atoms with van der Waals surface area (Å²) in [4.78, 5) is 29.1. The van der Waals surface area contributed by atoms with Gasteiger partial charge in [0.15, 0.2) is 0 Å². The van der Waals surface area contributed by atoms with Crippen molar-refractivity contribution in [3.05, 3.63) is 35.5 Å². The fourth-order valence-electron chi connectivity index (χ4n) is 3.58. The highest BCUT2D eigenvalue weighted by Crippen LogP contribution is 2.28. The smallest absolute Gasteiger partial charge is 0.306 e. The first-order valence-electron chi connectivity index (χ1n) is 8.82. The summed E-state index contributed by atoms with van der Waals surface area (Å²) < 4.78 is 0. The number of aromatic amines is 1. The van der Waals surface area contributed by atoms with Crippen LogP contribution in [0.3, 0.4) is 0 Å². The number of carbonyl (C=O) groups is 2. The van der Waals surface area contributed by atoms with Crippen LogP contribution in [0.2, 0.25) is 0 Å². The Bertz CT molecular complexity index is 816. The maximum absolute atomic E-state index is 12.8.